The van der Waals surface area contributed by atoms with Crippen molar-refractivity contribution in [1.29, 1.82) is 0 Å². The lowest BCUT2D eigenvalue weighted by molar-refractivity contribution is -0.274. The average Bonchev–Trinajstić information content (AvgIpc) is 2.14. The van der Waals surface area contributed by atoms with Gasteiger partial charge in [-0.05, 0) is 36.1 Å². The molecule has 0 bridgehead atoms. The summed E-state index contributed by atoms with van der Waals surface area (Å²) in [6, 6.07) is 4.74. The van der Waals surface area contributed by atoms with Gasteiger partial charge in [-0.15, -0.1) is 13.2 Å². The van der Waals surface area contributed by atoms with Crippen LogP contribution in [0.3, 0.4) is 0 Å². The molecular formula is C11H13F3O. The highest BCUT2D eigenvalue weighted by atomic mass is 19.4. The molecule has 0 saturated heterocycles. The molecule has 0 N–H and O–H groups in total. The zero-order chi connectivity index (χ0) is 11.5. The summed E-state index contributed by atoms with van der Waals surface area (Å²) in [5.74, 6) is -0.126. The quantitative estimate of drug-likeness (QED) is 0.751. The molecule has 0 heterocycles. The summed E-state index contributed by atoms with van der Waals surface area (Å²) in [4.78, 5) is 0. The van der Waals surface area contributed by atoms with Crippen molar-refractivity contribution in [3.05, 3.63) is 29.3 Å². The van der Waals surface area contributed by atoms with Gasteiger partial charge in [0, 0.05) is 0 Å². The second-order valence-corrected chi connectivity index (χ2v) is 3.24. The first-order valence-corrected chi connectivity index (χ1v) is 4.83. The second kappa shape index (κ2) is 4.55. The lowest BCUT2D eigenvalue weighted by atomic mass is 10.1. The van der Waals surface area contributed by atoms with Gasteiger partial charge in [-0.1, -0.05) is 19.9 Å². The van der Waals surface area contributed by atoms with Gasteiger partial charge in [-0.3, -0.25) is 0 Å². The van der Waals surface area contributed by atoms with Crippen LogP contribution < -0.4 is 4.74 Å². The fraction of sp³-hybridized carbons (Fsp3) is 0.455. The van der Waals surface area contributed by atoms with E-state index in [0.717, 1.165) is 11.1 Å². The lowest BCUT2D eigenvalue weighted by Crippen LogP contribution is -2.17. The summed E-state index contributed by atoms with van der Waals surface area (Å²) in [7, 11) is 0. The summed E-state index contributed by atoms with van der Waals surface area (Å²) in [5, 5.41) is 0. The largest absolute Gasteiger partial charge is 0.573 e. The molecule has 15 heavy (non-hydrogen) atoms. The zero-order valence-corrected chi connectivity index (χ0v) is 8.69. The fourth-order valence-electron chi connectivity index (χ4n) is 1.33. The number of alkyl halides is 3. The number of rotatable bonds is 3. The van der Waals surface area contributed by atoms with Gasteiger partial charge < -0.3 is 4.74 Å². The zero-order valence-electron chi connectivity index (χ0n) is 8.69. The Morgan fingerprint density at radius 1 is 1.00 bits per heavy atom. The second-order valence-electron chi connectivity index (χ2n) is 3.24. The van der Waals surface area contributed by atoms with Crippen molar-refractivity contribution in [1.82, 2.24) is 0 Å². The van der Waals surface area contributed by atoms with E-state index in [9.17, 15) is 13.2 Å². The molecule has 0 aliphatic rings. The minimum atomic E-state index is -4.61. The Bertz CT molecular complexity index is 309. The van der Waals surface area contributed by atoms with E-state index in [-0.39, 0.29) is 5.75 Å². The fourth-order valence-corrected chi connectivity index (χ4v) is 1.33. The highest BCUT2D eigenvalue weighted by Crippen LogP contribution is 2.25. The molecule has 0 aliphatic heterocycles. The van der Waals surface area contributed by atoms with Gasteiger partial charge in [-0.2, -0.15) is 0 Å². The molecular weight excluding hydrogens is 205 g/mol. The topological polar surface area (TPSA) is 9.23 Å². The van der Waals surface area contributed by atoms with Crippen LogP contribution in [0.2, 0.25) is 0 Å². The van der Waals surface area contributed by atoms with Crippen molar-refractivity contribution in [2.75, 3.05) is 0 Å². The van der Waals surface area contributed by atoms with Crippen molar-refractivity contribution in [3.8, 4) is 5.75 Å². The van der Waals surface area contributed by atoms with Crippen molar-refractivity contribution < 1.29 is 17.9 Å². The molecule has 0 amide bonds. The summed E-state index contributed by atoms with van der Waals surface area (Å²) >= 11 is 0. The maximum absolute atomic E-state index is 12.0. The van der Waals surface area contributed by atoms with Crippen molar-refractivity contribution >= 4 is 0 Å². The summed E-state index contributed by atoms with van der Waals surface area (Å²) in [6.45, 7) is 3.79. The number of benzene rings is 1. The van der Waals surface area contributed by atoms with Crippen LogP contribution in [0, 0.1) is 0 Å². The van der Waals surface area contributed by atoms with Gasteiger partial charge in [0.25, 0.3) is 0 Å². The molecule has 0 saturated carbocycles. The molecule has 84 valence electrons. The highest BCUT2D eigenvalue weighted by Gasteiger charge is 2.31. The van der Waals surface area contributed by atoms with E-state index < -0.39 is 6.36 Å². The molecule has 0 unspecified atom stereocenters. The average molecular weight is 218 g/mol. The Morgan fingerprint density at radius 3 is 1.80 bits per heavy atom. The maximum atomic E-state index is 12.0. The van der Waals surface area contributed by atoms with E-state index >= 15 is 0 Å². The number of hydrogen-bond acceptors (Lipinski definition) is 1. The normalized spacial score (nSPS) is 11.5. The molecule has 0 aromatic heterocycles. The van der Waals surface area contributed by atoms with Crippen LogP contribution in [0.5, 0.6) is 5.75 Å². The third-order valence-corrected chi connectivity index (χ3v) is 2.08. The Morgan fingerprint density at radius 2 is 1.47 bits per heavy atom. The highest BCUT2D eigenvalue weighted by molar-refractivity contribution is 5.34. The summed E-state index contributed by atoms with van der Waals surface area (Å²) in [5.41, 5.74) is 1.71. The number of aryl methyl sites for hydroxylation is 2. The Kier molecular flexibility index (Phi) is 3.61. The maximum Gasteiger partial charge on any atom is 0.573 e. The molecule has 1 aromatic rings. The van der Waals surface area contributed by atoms with Crippen LogP contribution in [-0.4, -0.2) is 6.36 Å². The van der Waals surface area contributed by atoms with E-state index in [1.165, 1.54) is 12.1 Å². The van der Waals surface area contributed by atoms with Crippen LogP contribution in [0.1, 0.15) is 25.0 Å². The Hall–Kier alpha value is -1.19. The summed E-state index contributed by atoms with van der Waals surface area (Å²) in [6.07, 6.45) is -3.22. The molecule has 1 aromatic carbocycles. The van der Waals surface area contributed by atoms with Crippen LogP contribution in [0.15, 0.2) is 18.2 Å². The third kappa shape index (κ3) is 3.81. The monoisotopic (exact) mass is 218 g/mol. The first-order valence-electron chi connectivity index (χ1n) is 4.83. The van der Waals surface area contributed by atoms with Gasteiger partial charge in [0.2, 0.25) is 0 Å². The molecule has 0 fully saturated rings. The van der Waals surface area contributed by atoms with Crippen LogP contribution in [0.25, 0.3) is 0 Å². The van der Waals surface area contributed by atoms with Crippen LogP contribution in [0.4, 0.5) is 13.2 Å². The van der Waals surface area contributed by atoms with Gasteiger partial charge in [0.15, 0.2) is 0 Å². The molecule has 0 atom stereocenters. The van der Waals surface area contributed by atoms with Crippen molar-refractivity contribution in [2.24, 2.45) is 0 Å². The van der Waals surface area contributed by atoms with E-state index in [0.29, 0.717) is 12.8 Å². The molecule has 4 heteroatoms. The predicted octanol–water partition coefficient (Wildman–Crippen LogP) is 3.71. The van der Waals surface area contributed by atoms with Crippen molar-refractivity contribution in [3.63, 3.8) is 0 Å². The van der Waals surface area contributed by atoms with E-state index in [2.05, 4.69) is 4.74 Å². The number of ether oxygens (including phenoxy) is 1. The smallest absolute Gasteiger partial charge is 0.406 e. The minimum Gasteiger partial charge on any atom is -0.406 e. The van der Waals surface area contributed by atoms with Crippen LogP contribution in [-0.2, 0) is 12.8 Å². The Labute approximate surface area is 86.9 Å². The molecule has 0 aliphatic carbocycles. The van der Waals surface area contributed by atoms with E-state index in [1.54, 1.807) is 0 Å². The molecule has 1 nitrogen and oxygen atoms in total. The van der Waals surface area contributed by atoms with E-state index in [1.807, 2.05) is 19.9 Å². The van der Waals surface area contributed by atoms with Gasteiger partial charge in [0.1, 0.15) is 5.75 Å². The first kappa shape index (κ1) is 11.9. The molecule has 0 spiro atoms. The molecule has 1 rings (SSSR count). The van der Waals surface area contributed by atoms with Crippen LogP contribution >= 0.6 is 0 Å². The summed E-state index contributed by atoms with van der Waals surface area (Å²) < 4.78 is 39.9. The predicted molar refractivity (Wildman–Crippen MR) is 51.9 cm³/mol. The van der Waals surface area contributed by atoms with Gasteiger partial charge in [-0.25, -0.2) is 0 Å². The first-order chi connectivity index (χ1) is 6.94. The van der Waals surface area contributed by atoms with Gasteiger partial charge in [0.05, 0.1) is 0 Å². The number of hydrogen-bond donors (Lipinski definition) is 0. The SMILES string of the molecule is CCc1cc(CC)cc(OC(F)(F)F)c1. The Balaban J connectivity index is 2.97. The minimum absolute atomic E-state index is 0.126. The van der Waals surface area contributed by atoms with Gasteiger partial charge >= 0.3 is 6.36 Å². The standard InChI is InChI=1S/C11H13F3O/c1-3-8-5-9(4-2)7-10(6-8)15-11(12,13)14/h5-7H,3-4H2,1-2H3. The van der Waals surface area contributed by atoms with Crippen molar-refractivity contribution in [2.45, 2.75) is 33.1 Å². The molecule has 0 radical (unpaired) electrons. The van der Waals surface area contributed by atoms with E-state index in [4.69, 9.17) is 0 Å². The third-order valence-electron chi connectivity index (χ3n) is 2.08. The lowest BCUT2D eigenvalue weighted by Gasteiger charge is -2.11. The number of halogens is 3.